The van der Waals surface area contributed by atoms with Gasteiger partial charge in [-0.05, 0) is 6.42 Å². The molecule has 0 aliphatic carbocycles. The van der Waals surface area contributed by atoms with Crippen LogP contribution in [-0.4, -0.2) is 35.3 Å². The van der Waals surface area contributed by atoms with Crippen LogP contribution in [0.1, 0.15) is 6.42 Å². The number of hydrogen-bond donors (Lipinski definition) is 2. The summed E-state index contributed by atoms with van der Waals surface area (Å²) in [5.41, 5.74) is 0. The standard InChI is InChI=1S/C6H8F6O2/c7-5(8,9)4(6(10,11)12)1-3(14)2-13/h3-4,13-14H,1-2H2. The fraction of sp³-hybridized carbons (Fsp3) is 1.00. The molecule has 1 atom stereocenters. The third kappa shape index (κ3) is 4.14. The normalized spacial score (nSPS) is 16.1. The Morgan fingerprint density at radius 1 is 0.929 bits per heavy atom. The van der Waals surface area contributed by atoms with Crippen molar-refractivity contribution in [2.24, 2.45) is 5.92 Å². The van der Waals surface area contributed by atoms with Gasteiger partial charge in [0.25, 0.3) is 0 Å². The number of hydrogen-bond acceptors (Lipinski definition) is 2. The summed E-state index contributed by atoms with van der Waals surface area (Å²) in [4.78, 5) is 0. The first-order valence-corrected chi connectivity index (χ1v) is 3.51. The number of halogens is 6. The van der Waals surface area contributed by atoms with Crippen LogP contribution in [0.4, 0.5) is 26.3 Å². The third-order valence-corrected chi connectivity index (χ3v) is 1.51. The molecule has 0 heterocycles. The van der Waals surface area contributed by atoms with Gasteiger partial charge in [0.2, 0.25) is 0 Å². The minimum atomic E-state index is -5.46. The van der Waals surface area contributed by atoms with Crippen molar-refractivity contribution >= 4 is 0 Å². The molecule has 1 unspecified atom stereocenters. The molecule has 0 aliphatic rings. The SMILES string of the molecule is OCC(O)CC(C(F)(F)F)C(F)(F)F. The van der Waals surface area contributed by atoms with Gasteiger partial charge in [0.1, 0.15) is 0 Å². The zero-order valence-electron chi connectivity index (χ0n) is 6.73. The van der Waals surface area contributed by atoms with Crippen LogP contribution in [0, 0.1) is 5.92 Å². The molecule has 0 aromatic rings. The lowest BCUT2D eigenvalue weighted by Gasteiger charge is -2.24. The summed E-state index contributed by atoms with van der Waals surface area (Å²) < 4.78 is 70.8. The number of rotatable bonds is 3. The Balaban J connectivity index is 4.59. The molecule has 86 valence electrons. The third-order valence-electron chi connectivity index (χ3n) is 1.51. The number of aliphatic hydroxyl groups excluding tert-OH is 2. The first-order valence-electron chi connectivity index (χ1n) is 3.51. The highest BCUT2D eigenvalue weighted by molar-refractivity contribution is 4.77. The molecule has 0 fully saturated rings. The maximum Gasteiger partial charge on any atom is 0.400 e. The fourth-order valence-corrected chi connectivity index (χ4v) is 0.799. The maximum atomic E-state index is 11.8. The van der Waals surface area contributed by atoms with E-state index in [0.29, 0.717) is 0 Å². The highest BCUT2D eigenvalue weighted by atomic mass is 19.4. The van der Waals surface area contributed by atoms with Crippen molar-refractivity contribution < 1.29 is 36.6 Å². The second kappa shape index (κ2) is 4.35. The van der Waals surface area contributed by atoms with Crippen molar-refractivity contribution in [2.75, 3.05) is 6.61 Å². The van der Waals surface area contributed by atoms with Crippen LogP contribution >= 0.6 is 0 Å². The lowest BCUT2D eigenvalue weighted by atomic mass is 10.0. The molecule has 0 aromatic carbocycles. The predicted octanol–water partition coefficient (Wildman–Crippen LogP) is 1.47. The summed E-state index contributed by atoms with van der Waals surface area (Å²) in [5.74, 6) is -3.60. The van der Waals surface area contributed by atoms with Crippen molar-refractivity contribution in [1.29, 1.82) is 0 Å². The summed E-state index contributed by atoms with van der Waals surface area (Å²) in [5, 5.41) is 16.6. The van der Waals surface area contributed by atoms with E-state index in [9.17, 15) is 26.3 Å². The van der Waals surface area contributed by atoms with E-state index >= 15 is 0 Å². The average Bonchev–Trinajstić information content (AvgIpc) is 1.95. The highest BCUT2D eigenvalue weighted by Crippen LogP contribution is 2.41. The van der Waals surface area contributed by atoms with Gasteiger partial charge in [-0.15, -0.1) is 0 Å². The molecule has 0 aliphatic heterocycles. The van der Waals surface area contributed by atoms with Gasteiger partial charge < -0.3 is 10.2 Å². The second-order valence-corrected chi connectivity index (χ2v) is 2.71. The predicted molar refractivity (Wildman–Crippen MR) is 33.3 cm³/mol. The smallest absolute Gasteiger partial charge is 0.394 e. The van der Waals surface area contributed by atoms with Gasteiger partial charge in [-0.3, -0.25) is 0 Å². The zero-order chi connectivity index (χ0) is 11.6. The van der Waals surface area contributed by atoms with E-state index in [-0.39, 0.29) is 0 Å². The number of aliphatic hydroxyl groups is 2. The topological polar surface area (TPSA) is 40.5 Å². The Hall–Kier alpha value is -0.500. The summed E-state index contributed by atoms with van der Waals surface area (Å²) in [7, 11) is 0. The second-order valence-electron chi connectivity index (χ2n) is 2.71. The summed E-state index contributed by atoms with van der Waals surface area (Å²) in [6.45, 7) is -1.14. The van der Waals surface area contributed by atoms with E-state index in [2.05, 4.69) is 0 Å². The summed E-state index contributed by atoms with van der Waals surface area (Å²) in [6.07, 6.45) is -14.5. The molecule has 0 saturated heterocycles. The highest BCUT2D eigenvalue weighted by Gasteiger charge is 2.56. The van der Waals surface area contributed by atoms with Crippen LogP contribution < -0.4 is 0 Å². The monoisotopic (exact) mass is 226 g/mol. The Morgan fingerprint density at radius 2 is 1.29 bits per heavy atom. The van der Waals surface area contributed by atoms with Crippen LogP contribution in [0.25, 0.3) is 0 Å². The Morgan fingerprint density at radius 3 is 1.50 bits per heavy atom. The minimum Gasteiger partial charge on any atom is -0.394 e. The fourth-order valence-electron chi connectivity index (χ4n) is 0.799. The molecule has 8 heteroatoms. The van der Waals surface area contributed by atoms with E-state index in [1.807, 2.05) is 0 Å². The first-order chi connectivity index (χ1) is 6.09. The van der Waals surface area contributed by atoms with Gasteiger partial charge in [-0.1, -0.05) is 0 Å². The van der Waals surface area contributed by atoms with E-state index in [4.69, 9.17) is 10.2 Å². The van der Waals surface area contributed by atoms with Crippen LogP contribution in [0.3, 0.4) is 0 Å². The van der Waals surface area contributed by atoms with Gasteiger partial charge in [0, 0.05) is 0 Å². The molecule has 0 saturated carbocycles. The molecule has 14 heavy (non-hydrogen) atoms. The van der Waals surface area contributed by atoms with Crippen molar-refractivity contribution in [3.63, 3.8) is 0 Å². The Bertz CT molecular complexity index is 160. The maximum absolute atomic E-state index is 11.8. The minimum absolute atomic E-state index is 1.14. The van der Waals surface area contributed by atoms with Crippen LogP contribution in [0.2, 0.25) is 0 Å². The van der Waals surface area contributed by atoms with Gasteiger partial charge >= 0.3 is 12.4 Å². The molecule has 0 bridgehead atoms. The van der Waals surface area contributed by atoms with Gasteiger partial charge in [-0.2, -0.15) is 26.3 Å². The summed E-state index contributed by atoms with van der Waals surface area (Å²) >= 11 is 0. The van der Waals surface area contributed by atoms with E-state index in [0.717, 1.165) is 0 Å². The Kier molecular flexibility index (Phi) is 4.19. The molecular weight excluding hydrogens is 218 g/mol. The van der Waals surface area contributed by atoms with Gasteiger partial charge in [-0.25, -0.2) is 0 Å². The molecule has 0 spiro atoms. The van der Waals surface area contributed by atoms with E-state index < -0.39 is 37.4 Å². The van der Waals surface area contributed by atoms with Crippen molar-refractivity contribution in [1.82, 2.24) is 0 Å². The molecule has 0 aromatic heterocycles. The average molecular weight is 226 g/mol. The number of alkyl halides is 6. The summed E-state index contributed by atoms with van der Waals surface area (Å²) in [6, 6.07) is 0. The van der Waals surface area contributed by atoms with E-state index in [1.165, 1.54) is 0 Å². The molecule has 2 N–H and O–H groups in total. The molecule has 0 radical (unpaired) electrons. The van der Waals surface area contributed by atoms with Crippen LogP contribution in [-0.2, 0) is 0 Å². The lowest BCUT2D eigenvalue weighted by Crippen LogP contribution is -2.39. The lowest BCUT2D eigenvalue weighted by molar-refractivity contribution is -0.290. The molecule has 0 rings (SSSR count). The van der Waals surface area contributed by atoms with Crippen molar-refractivity contribution in [3.05, 3.63) is 0 Å². The van der Waals surface area contributed by atoms with Crippen molar-refractivity contribution in [3.8, 4) is 0 Å². The molecular formula is C6H8F6O2. The quantitative estimate of drug-likeness (QED) is 0.715. The zero-order valence-corrected chi connectivity index (χ0v) is 6.73. The van der Waals surface area contributed by atoms with E-state index in [1.54, 1.807) is 0 Å². The van der Waals surface area contributed by atoms with Crippen molar-refractivity contribution in [2.45, 2.75) is 24.9 Å². The van der Waals surface area contributed by atoms with Gasteiger partial charge in [0.05, 0.1) is 12.7 Å². The van der Waals surface area contributed by atoms with Crippen LogP contribution in [0.15, 0.2) is 0 Å². The molecule has 0 amide bonds. The van der Waals surface area contributed by atoms with Crippen LogP contribution in [0.5, 0.6) is 0 Å². The first kappa shape index (κ1) is 13.5. The largest absolute Gasteiger partial charge is 0.400 e. The Labute approximate surface area is 75.1 Å². The molecule has 2 nitrogen and oxygen atoms in total. The van der Waals surface area contributed by atoms with Gasteiger partial charge in [0.15, 0.2) is 5.92 Å².